The molecule has 1 unspecified atom stereocenters. The Labute approximate surface area is 177 Å². The minimum absolute atomic E-state index is 0.155. The number of carbonyl (C=O) groups is 4. The lowest BCUT2D eigenvalue weighted by Gasteiger charge is -2.44. The number of oxime groups is 1. The fourth-order valence-corrected chi connectivity index (χ4v) is 4.64. The highest BCUT2D eigenvalue weighted by atomic mass is 35.5. The van der Waals surface area contributed by atoms with Gasteiger partial charge in [-0.15, -0.1) is 34.7 Å². The van der Waals surface area contributed by atoms with Crippen LogP contribution in [0.25, 0.3) is 0 Å². The van der Waals surface area contributed by atoms with Crippen LogP contribution >= 0.6 is 34.7 Å². The normalized spacial score (nSPS) is 20.9. The SMILES string of the molecule is CO/N=C(\C(=O)NC1C=C(C(=O)O)N2C(=O)C[C@@H]2S1)c1csc(NC(=O)CCl)n1. The number of fused-ring (bicyclic) bond motifs is 1. The van der Waals surface area contributed by atoms with Crippen LogP contribution in [-0.2, 0) is 24.0 Å². The van der Waals surface area contributed by atoms with Crippen molar-refractivity contribution in [1.29, 1.82) is 0 Å². The first-order chi connectivity index (χ1) is 13.8. The van der Waals surface area contributed by atoms with E-state index in [-0.39, 0.29) is 45.8 Å². The fourth-order valence-electron chi connectivity index (χ4n) is 2.55. The zero-order chi connectivity index (χ0) is 21.1. The first kappa shape index (κ1) is 21.1. The van der Waals surface area contributed by atoms with Gasteiger partial charge in [0.25, 0.3) is 5.91 Å². The molecule has 0 aliphatic carbocycles. The molecule has 1 fully saturated rings. The number of thioether (sulfide) groups is 1. The Bertz CT molecular complexity index is 932. The van der Waals surface area contributed by atoms with Crippen molar-refractivity contribution in [1.82, 2.24) is 15.2 Å². The van der Waals surface area contributed by atoms with E-state index in [2.05, 4.69) is 20.8 Å². The lowest BCUT2D eigenvalue weighted by Crippen LogP contribution is -2.56. The van der Waals surface area contributed by atoms with Crippen LogP contribution in [0.1, 0.15) is 12.1 Å². The molecule has 11 nitrogen and oxygen atoms in total. The number of aliphatic carboxylic acids is 1. The minimum atomic E-state index is -1.26. The van der Waals surface area contributed by atoms with Gasteiger partial charge in [0.05, 0.1) is 17.2 Å². The summed E-state index contributed by atoms with van der Waals surface area (Å²) in [6.07, 6.45) is 1.48. The van der Waals surface area contributed by atoms with Gasteiger partial charge >= 0.3 is 5.97 Å². The number of halogens is 1. The standard InChI is InChI=1S/C15H14ClN5O6S2/c1-27-20-12(6-5-28-15(17-6)18-8(22)4-16)13(24)19-9-2-7(14(25)26)21-10(23)3-11(21)29-9/h2,5,9,11H,3-4H2,1H3,(H,19,24)(H,25,26)(H,17,18,22)/b20-12-/t9?,11-/m0/s1. The summed E-state index contributed by atoms with van der Waals surface area (Å²) in [5.41, 5.74) is -0.184. The van der Waals surface area contributed by atoms with Gasteiger partial charge in [-0.2, -0.15) is 0 Å². The average molecular weight is 460 g/mol. The molecule has 0 saturated carbocycles. The van der Waals surface area contributed by atoms with Crippen LogP contribution < -0.4 is 10.6 Å². The van der Waals surface area contributed by atoms with Crippen LogP contribution in [0.3, 0.4) is 0 Å². The summed E-state index contributed by atoms with van der Waals surface area (Å²) in [6.45, 7) is 0. The van der Waals surface area contributed by atoms with E-state index in [0.717, 1.165) is 11.3 Å². The molecule has 3 N–H and O–H groups in total. The number of nitrogens with one attached hydrogen (secondary N) is 2. The number of aromatic nitrogens is 1. The third-order valence-electron chi connectivity index (χ3n) is 3.78. The molecule has 2 atom stereocenters. The molecule has 3 amide bonds. The van der Waals surface area contributed by atoms with Crippen LogP contribution in [0.2, 0.25) is 0 Å². The van der Waals surface area contributed by atoms with Crippen LogP contribution in [0, 0.1) is 0 Å². The van der Waals surface area contributed by atoms with E-state index < -0.39 is 23.2 Å². The zero-order valence-corrected chi connectivity index (χ0v) is 17.1. The molecule has 1 aromatic heterocycles. The number of hydrogen-bond donors (Lipinski definition) is 3. The van der Waals surface area contributed by atoms with Crippen molar-refractivity contribution >= 4 is 69.2 Å². The number of anilines is 1. The lowest BCUT2D eigenvalue weighted by atomic mass is 10.1. The number of amides is 3. The Balaban J connectivity index is 1.76. The van der Waals surface area contributed by atoms with Crippen molar-refractivity contribution < 1.29 is 29.1 Å². The molecular weight excluding hydrogens is 446 g/mol. The van der Waals surface area contributed by atoms with Crippen molar-refractivity contribution in [2.45, 2.75) is 17.2 Å². The summed E-state index contributed by atoms with van der Waals surface area (Å²) in [7, 11) is 1.26. The van der Waals surface area contributed by atoms with Crippen LogP contribution in [0.4, 0.5) is 5.13 Å². The Morgan fingerprint density at radius 1 is 1.48 bits per heavy atom. The third-order valence-corrected chi connectivity index (χ3v) is 6.02. The Morgan fingerprint density at radius 2 is 2.24 bits per heavy atom. The Hall–Kier alpha value is -2.64. The molecule has 14 heteroatoms. The summed E-state index contributed by atoms with van der Waals surface area (Å²) in [4.78, 5) is 57.1. The second-order valence-electron chi connectivity index (χ2n) is 5.65. The molecule has 3 rings (SSSR count). The topological polar surface area (TPSA) is 150 Å². The number of carbonyl (C=O) groups excluding carboxylic acids is 3. The maximum atomic E-state index is 12.7. The number of thiazole rings is 1. The van der Waals surface area contributed by atoms with Crippen molar-refractivity contribution in [2.24, 2.45) is 5.16 Å². The largest absolute Gasteiger partial charge is 0.477 e. The first-order valence-electron chi connectivity index (χ1n) is 8.00. The number of β-lactam (4-membered cyclic amide) rings is 1. The fraction of sp³-hybridized carbons (Fsp3) is 0.333. The minimum Gasteiger partial charge on any atom is -0.477 e. The van der Waals surface area contributed by atoms with Crippen molar-refractivity contribution in [3.05, 3.63) is 22.8 Å². The molecule has 3 heterocycles. The first-order valence-corrected chi connectivity index (χ1v) is 10.4. The van der Waals surface area contributed by atoms with Gasteiger partial charge in [-0.1, -0.05) is 5.16 Å². The van der Waals surface area contributed by atoms with Gasteiger partial charge in [0.2, 0.25) is 11.8 Å². The average Bonchev–Trinajstić information content (AvgIpc) is 3.12. The molecule has 29 heavy (non-hydrogen) atoms. The van der Waals surface area contributed by atoms with E-state index in [0.29, 0.717) is 0 Å². The van der Waals surface area contributed by atoms with Crippen LogP contribution in [0.15, 0.2) is 22.3 Å². The lowest BCUT2D eigenvalue weighted by molar-refractivity contribution is -0.146. The quantitative estimate of drug-likeness (QED) is 0.229. The number of carboxylic acids is 1. The van der Waals surface area contributed by atoms with Gasteiger partial charge in [0.1, 0.15) is 24.4 Å². The highest BCUT2D eigenvalue weighted by Crippen LogP contribution is 2.39. The molecule has 2 aliphatic rings. The van der Waals surface area contributed by atoms with Crippen molar-refractivity contribution in [2.75, 3.05) is 18.3 Å². The molecule has 0 aromatic carbocycles. The van der Waals surface area contributed by atoms with Gasteiger partial charge < -0.3 is 20.6 Å². The Kier molecular flexibility index (Phi) is 6.39. The molecular formula is C15H14ClN5O6S2. The highest BCUT2D eigenvalue weighted by molar-refractivity contribution is 8.00. The second kappa shape index (κ2) is 8.80. The zero-order valence-electron chi connectivity index (χ0n) is 14.7. The van der Waals surface area contributed by atoms with Gasteiger partial charge in [-0.25, -0.2) is 9.78 Å². The summed E-state index contributed by atoms with van der Waals surface area (Å²) in [6, 6.07) is 0. The molecule has 154 valence electrons. The second-order valence-corrected chi connectivity index (χ2v) is 8.10. The van der Waals surface area contributed by atoms with Gasteiger partial charge in [0.15, 0.2) is 10.8 Å². The molecule has 0 spiro atoms. The third kappa shape index (κ3) is 4.52. The number of alkyl halides is 1. The Morgan fingerprint density at radius 3 is 2.86 bits per heavy atom. The van der Waals surface area contributed by atoms with Crippen LogP contribution in [0.5, 0.6) is 0 Å². The van der Waals surface area contributed by atoms with E-state index >= 15 is 0 Å². The van der Waals surface area contributed by atoms with E-state index in [1.807, 2.05) is 0 Å². The highest BCUT2D eigenvalue weighted by Gasteiger charge is 2.45. The molecule has 1 aromatic rings. The van der Waals surface area contributed by atoms with Gasteiger partial charge in [-0.05, 0) is 6.08 Å². The molecule has 0 bridgehead atoms. The molecule has 2 aliphatic heterocycles. The predicted molar refractivity (Wildman–Crippen MR) is 106 cm³/mol. The van der Waals surface area contributed by atoms with Crippen LogP contribution in [-0.4, -0.2) is 68.1 Å². The number of nitrogens with zero attached hydrogens (tertiary/aromatic N) is 3. The number of carboxylic acid groups (broad SMARTS) is 1. The maximum Gasteiger partial charge on any atom is 0.352 e. The van der Waals surface area contributed by atoms with Gasteiger partial charge in [0, 0.05) is 5.38 Å². The summed E-state index contributed by atoms with van der Waals surface area (Å²) in [5, 5.41) is 18.8. The van der Waals surface area contributed by atoms with E-state index in [1.54, 1.807) is 0 Å². The van der Waals surface area contributed by atoms with Crippen molar-refractivity contribution in [3.63, 3.8) is 0 Å². The summed E-state index contributed by atoms with van der Waals surface area (Å²) < 4.78 is 0. The summed E-state index contributed by atoms with van der Waals surface area (Å²) >= 11 is 7.73. The predicted octanol–water partition coefficient (Wildman–Crippen LogP) is 0.387. The van der Waals surface area contributed by atoms with Crippen molar-refractivity contribution in [3.8, 4) is 0 Å². The maximum absolute atomic E-state index is 12.7. The van der Waals surface area contributed by atoms with Gasteiger partial charge in [-0.3, -0.25) is 19.3 Å². The molecule has 1 saturated heterocycles. The van der Waals surface area contributed by atoms with E-state index in [4.69, 9.17) is 16.4 Å². The number of rotatable bonds is 7. The monoisotopic (exact) mass is 459 g/mol. The summed E-state index contributed by atoms with van der Waals surface area (Å²) in [5.74, 6) is -2.90. The van der Waals surface area contributed by atoms with E-state index in [1.165, 1.54) is 35.2 Å². The van der Waals surface area contributed by atoms with E-state index in [9.17, 15) is 24.3 Å². The molecule has 0 radical (unpaired) electrons. The smallest absolute Gasteiger partial charge is 0.352 e. The number of hydrogen-bond acceptors (Lipinski definition) is 9.